The molecule has 10 unspecified atom stereocenters. The van der Waals surface area contributed by atoms with Crippen LogP contribution in [0.25, 0.3) is 11.2 Å². The fourth-order valence-electron chi connectivity index (χ4n) is 4.56. The molecule has 3 aromatic rings. The summed E-state index contributed by atoms with van der Waals surface area (Å²) in [5.74, 6) is -0.743. The van der Waals surface area contributed by atoms with Crippen LogP contribution in [0.4, 0.5) is 5.82 Å². The molecule has 3 aromatic heterocycles. The van der Waals surface area contributed by atoms with E-state index in [-0.39, 0.29) is 81.7 Å². The zero-order chi connectivity index (χ0) is 32.0. The van der Waals surface area contributed by atoms with Gasteiger partial charge in [-0.2, -0.15) is 4.57 Å². The number of pyridine rings is 1. The number of ether oxygens (including phenoxy) is 2. The number of aliphatic hydroxyl groups excluding tert-OH is 4. The molecule has 0 radical (unpaired) electrons. The standard InChI is InChI=1S/C21H27N7O14P2.2Na/c22-17-12-19(25-7-24-17)28(8-26-12)21-16(32)14(30)11(41-21)6-39-44(36,37)42-43(34,35)38-5-10-13(29)15(31)20(40-10)27-3-1-2-9(4-27)18(23)33;;/h1-4,7-8,10-11,13-16,20-21,29-32H,5-6H2,(H5-,22,23,24,25,33,34,35,36,37);;/q;2*+1/p-1. The minimum atomic E-state index is -5.68. The first-order valence-corrected chi connectivity index (χ1v) is 15.5. The van der Waals surface area contributed by atoms with Crippen molar-refractivity contribution in [2.45, 2.75) is 49.1 Å². The Balaban J connectivity index is 0.00000288. The molecule has 21 nitrogen and oxygen atoms in total. The molecule has 0 saturated carbocycles. The average Bonchev–Trinajstić information content (AvgIpc) is 3.61. The summed E-state index contributed by atoms with van der Waals surface area (Å²) >= 11 is 0. The number of imidazole rings is 1. The van der Waals surface area contributed by atoms with Gasteiger partial charge in [0.05, 0.1) is 19.5 Å². The molecule has 5 rings (SSSR count). The Bertz CT molecular complexity index is 1640. The van der Waals surface area contributed by atoms with Crippen LogP contribution in [0.5, 0.6) is 0 Å². The number of amides is 1. The van der Waals surface area contributed by atoms with Crippen molar-refractivity contribution in [3.8, 4) is 0 Å². The molecular weight excluding hydrogens is 682 g/mol. The average molecular weight is 708 g/mol. The third-order valence-electron chi connectivity index (χ3n) is 6.73. The SMILES string of the molecule is NC(=O)c1ccc[n+](C2OC(COP(=O)([O-])OP(=O)([O-])OCC3OC(n4cnc5c(N)ncnc54)C(O)C3O)C(O)C2O)c1.[Na+].[Na+]. The van der Waals surface area contributed by atoms with Crippen molar-refractivity contribution in [2.24, 2.45) is 5.73 Å². The number of nitrogens with two attached hydrogens (primary N) is 2. The molecule has 1 amide bonds. The van der Waals surface area contributed by atoms with Crippen LogP contribution in [0.3, 0.4) is 0 Å². The molecular formula is C21H26N7Na2O14P2+. The maximum absolute atomic E-state index is 12.3. The molecule has 240 valence electrons. The first kappa shape index (κ1) is 39.4. The number of hydrogen-bond donors (Lipinski definition) is 6. The molecule has 0 aliphatic carbocycles. The van der Waals surface area contributed by atoms with E-state index < -0.39 is 83.8 Å². The Morgan fingerprint density at radius 2 is 1.59 bits per heavy atom. The van der Waals surface area contributed by atoms with Crippen LogP contribution >= 0.6 is 15.6 Å². The van der Waals surface area contributed by atoms with Gasteiger partial charge in [0.1, 0.15) is 47.9 Å². The van der Waals surface area contributed by atoms with Crippen molar-refractivity contribution in [3.63, 3.8) is 0 Å². The van der Waals surface area contributed by atoms with E-state index in [9.17, 15) is 44.1 Å². The van der Waals surface area contributed by atoms with E-state index in [1.807, 2.05) is 0 Å². The van der Waals surface area contributed by atoms with E-state index in [4.69, 9.17) is 20.9 Å². The summed E-state index contributed by atoms with van der Waals surface area (Å²) in [4.78, 5) is 47.8. The van der Waals surface area contributed by atoms with Crippen LogP contribution in [-0.2, 0) is 32.0 Å². The fourth-order valence-corrected chi connectivity index (χ4v) is 6.58. The molecule has 2 aliphatic rings. The number of nitrogens with zero attached hydrogens (tertiary/aromatic N) is 5. The first-order valence-electron chi connectivity index (χ1n) is 12.6. The van der Waals surface area contributed by atoms with E-state index in [0.29, 0.717) is 0 Å². The Morgan fingerprint density at radius 3 is 2.22 bits per heavy atom. The van der Waals surface area contributed by atoms with Gasteiger partial charge in [-0.15, -0.1) is 0 Å². The fraction of sp³-hybridized carbons (Fsp3) is 0.476. The number of phosphoric acid groups is 2. The zero-order valence-corrected chi connectivity index (χ0v) is 29.9. The number of primary amides is 1. The van der Waals surface area contributed by atoms with Crippen LogP contribution in [-0.4, -0.2) is 95.7 Å². The third kappa shape index (κ3) is 8.58. The van der Waals surface area contributed by atoms with E-state index in [0.717, 1.165) is 6.33 Å². The summed E-state index contributed by atoms with van der Waals surface area (Å²) in [5.41, 5.74) is 11.3. The number of hydrogen-bond acceptors (Lipinski definition) is 18. The monoisotopic (exact) mass is 708 g/mol. The van der Waals surface area contributed by atoms with E-state index in [1.165, 1.54) is 40.0 Å². The number of anilines is 1. The number of nitrogen functional groups attached to an aromatic ring is 1. The van der Waals surface area contributed by atoms with Crippen LogP contribution in [0.15, 0.2) is 37.2 Å². The van der Waals surface area contributed by atoms with Crippen LogP contribution in [0.1, 0.15) is 22.8 Å². The number of rotatable bonds is 11. The largest absolute Gasteiger partial charge is 1.00 e. The topological polar surface area (TPSA) is 324 Å². The minimum Gasteiger partial charge on any atom is -0.756 e. The molecule has 46 heavy (non-hydrogen) atoms. The van der Waals surface area contributed by atoms with Crippen molar-refractivity contribution >= 4 is 38.5 Å². The van der Waals surface area contributed by atoms with Gasteiger partial charge in [-0.25, -0.2) is 19.3 Å². The van der Waals surface area contributed by atoms with Crippen molar-refractivity contribution in [1.29, 1.82) is 0 Å². The Morgan fingerprint density at radius 1 is 0.978 bits per heavy atom. The minimum absolute atomic E-state index is 0. The summed E-state index contributed by atoms with van der Waals surface area (Å²) in [5, 5.41) is 41.5. The quantitative estimate of drug-likeness (QED) is 0.0612. The second-order valence-electron chi connectivity index (χ2n) is 9.65. The summed E-state index contributed by atoms with van der Waals surface area (Å²) in [6, 6.07) is 2.80. The summed E-state index contributed by atoms with van der Waals surface area (Å²) in [7, 11) is -11.4. The van der Waals surface area contributed by atoms with Crippen molar-refractivity contribution in [1.82, 2.24) is 19.5 Å². The number of aliphatic hydroxyl groups is 4. The molecule has 5 heterocycles. The molecule has 0 bridgehead atoms. The number of fused-ring (bicyclic) bond motifs is 1. The number of carbonyl (C=O) groups is 1. The van der Waals surface area contributed by atoms with Gasteiger partial charge in [-0.1, -0.05) is 0 Å². The number of carbonyl (C=O) groups excluding carboxylic acids is 1. The maximum atomic E-state index is 12.3. The van der Waals surface area contributed by atoms with Crippen molar-refractivity contribution in [3.05, 3.63) is 42.7 Å². The molecule has 2 fully saturated rings. The van der Waals surface area contributed by atoms with Gasteiger partial charge in [-0.05, 0) is 6.07 Å². The van der Waals surface area contributed by atoms with Gasteiger partial charge < -0.3 is 60.2 Å². The Labute approximate surface area is 303 Å². The van der Waals surface area contributed by atoms with Crippen molar-refractivity contribution < 1.29 is 131 Å². The molecule has 2 aliphatic heterocycles. The van der Waals surface area contributed by atoms with Gasteiger partial charge in [0.15, 0.2) is 36.2 Å². The van der Waals surface area contributed by atoms with Crippen LogP contribution < -0.4 is 84.9 Å². The predicted molar refractivity (Wildman–Crippen MR) is 135 cm³/mol. The molecule has 25 heteroatoms. The van der Waals surface area contributed by atoms with Crippen LogP contribution in [0.2, 0.25) is 0 Å². The van der Waals surface area contributed by atoms with Gasteiger partial charge >= 0.3 is 59.1 Å². The van der Waals surface area contributed by atoms with E-state index in [2.05, 4.69) is 28.3 Å². The summed E-state index contributed by atoms with van der Waals surface area (Å²) in [6.07, 6.45) is -7.26. The van der Waals surface area contributed by atoms with Gasteiger partial charge in [0.25, 0.3) is 27.8 Å². The molecule has 2 saturated heterocycles. The molecule has 0 aromatic carbocycles. The Kier molecular flexibility index (Phi) is 13.4. The Hall–Kier alpha value is -1.01. The normalized spacial score (nSPS) is 30.2. The molecule has 0 spiro atoms. The zero-order valence-electron chi connectivity index (χ0n) is 24.2. The second-order valence-corrected chi connectivity index (χ2v) is 12.6. The first-order chi connectivity index (χ1) is 20.7. The van der Waals surface area contributed by atoms with E-state index >= 15 is 0 Å². The maximum Gasteiger partial charge on any atom is 1.00 e. The van der Waals surface area contributed by atoms with Gasteiger partial charge in [-0.3, -0.25) is 18.5 Å². The predicted octanol–water partition coefficient (Wildman–Crippen LogP) is -10.3. The second kappa shape index (κ2) is 15.7. The van der Waals surface area contributed by atoms with Gasteiger partial charge in [0.2, 0.25) is 0 Å². The number of aromatic nitrogens is 5. The molecule has 8 N–H and O–H groups in total. The smallest absolute Gasteiger partial charge is 0.756 e. The van der Waals surface area contributed by atoms with Gasteiger partial charge in [0, 0.05) is 6.07 Å². The van der Waals surface area contributed by atoms with Crippen molar-refractivity contribution in [2.75, 3.05) is 18.9 Å². The summed E-state index contributed by atoms with van der Waals surface area (Å²) in [6.45, 7) is -1.98. The van der Waals surface area contributed by atoms with E-state index in [1.54, 1.807) is 0 Å². The number of phosphoric ester groups is 2. The summed E-state index contributed by atoms with van der Waals surface area (Å²) < 4.78 is 51.1. The third-order valence-corrected chi connectivity index (χ3v) is 9.26. The van der Waals surface area contributed by atoms with Crippen LogP contribution in [0, 0.1) is 0 Å². The molecule has 10 atom stereocenters.